The van der Waals surface area contributed by atoms with E-state index in [0.717, 1.165) is 56.1 Å². The molecular formula is C58H40N5OPt-3. The van der Waals surface area contributed by atoms with Gasteiger partial charge in [0.05, 0.1) is 16.7 Å². The fraction of sp³-hybridized carbons (Fsp3) is 0.0690. The Kier molecular flexibility index (Phi) is 8.95. The van der Waals surface area contributed by atoms with Crippen LogP contribution in [0.25, 0.3) is 77.4 Å². The summed E-state index contributed by atoms with van der Waals surface area (Å²) >= 11 is 0. The number of rotatable bonds is 5. The van der Waals surface area contributed by atoms with Gasteiger partial charge < -0.3 is 23.7 Å². The Morgan fingerprint density at radius 1 is 0.538 bits per heavy atom. The molecule has 0 radical (unpaired) electrons. The molecule has 0 N–H and O–H groups in total. The summed E-state index contributed by atoms with van der Waals surface area (Å²) in [5.41, 5.74) is 15.5. The van der Waals surface area contributed by atoms with Crippen molar-refractivity contribution < 1.29 is 25.8 Å². The molecule has 65 heavy (non-hydrogen) atoms. The Labute approximate surface area is 391 Å². The normalized spacial score (nSPS) is 12.9. The molecule has 0 bridgehead atoms. The summed E-state index contributed by atoms with van der Waals surface area (Å²) in [7, 11) is 0. The zero-order valence-corrected chi connectivity index (χ0v) is 38.1. The molecule has 0 fully saturated rings. The maximum Gasteiger partial charge on any atom is 0.135 e. The van der Waals surface area contributed by atoms with E-state index in [4.69, 9.17) is 9.72 Å². The average Bonchev–Trinajstić information content (AvgIpc) is 3.97. The van der Waals surface area contributed by atoms with Crippen LogP contribution in [0.5, 0.6) is 11.5 Å². The Bertz CT molecular complexity index is 3690. The Morgan fingerprint density at radius 3 is 2.09 bits per heavy atom. The summed E-state index contributed by atoms with van der Waals surface area (Å²) in [6, 6.07) is 69.8. The van der Waals surface area contributed by atoms with Gasteiger partial charge in [0, 0.05) is 83.2 Å². The smallest absolute Gasteiger partial charge is 0.135 e. The average molecular weight is 1020 g/mol. The molecule has 8 aromatic carbocycles. The van der Waals surface area contributed by atoms with Gasteiger partial charge in [-0.3, -0.25) is 0 Å². The van der Waals surface area contributed by atoms with E-state index in [1.165, 1.54) is 49.6 Å². The second-order valence-electron chi connectivity index (χ2n) is 17.7. The molecule has 0 saturated carbocycles. The van der Waals surface area contributed by atoms with E-state index in [1.807, 2.05) is 30.5 Å². The number of pyridine rings is 1. The van der Waals surface area contributed by atoms with Crippen molar-refractivity contribution >= 4 is 66.4 Å². The van der Waals surface area contributed by atoms with Gasteiger partial charge >= 0.3 is 0 Å². The Balaban J connectivity index is 0.00000444. The zero-order chi connectivity index (χ0) is 42.7. The second kappa shape index (κ2) is 14.8. The van der Waals surface area contributed by atoms with Crippen molar-refractivity contribution in [1.82, 2.24) is 14.1 Å². The van der Waals surface area contributed by atoms with Crippen LogP contribution in [0, 0.1) is 18.8 Å². The number of benzene rings is 8. The topological polar surface area (TPSA) is 38.5 Å². The number of hydrogen-bond donors (Lipinski definition) is 0. The first kappa shape index (κ1) is 39.2. The quantitative estimate of drug-likeness (QED) is 0.161. The van der Waals surface area contributed by atoms with Crippen molar-refractivity contribution in [1.29, 1.82) is 0 Å². The van der Waals surface area contributed by atoms with Gasteiger partial charge in [-0.1, -0.05) is 117 Å². The van der Waals surface area contributed by atoms with E-state index in [-0.39, 0.29) is 26.5 Å². The van der Waals surface area contributed by atoms with Crippen molar-refractivity contribution in [2.75, 3.05) is 9.80 Å². The molecule has 0 atom stereocenters. The summed E-state index contributed by atoms with van der Waals surface area (Å²) < 4.78 is 11.5. The van der Waals surface area contributed by atoms with Crippen LogP contribution >= 0.6 is 0 Å². The van der Waals surface area contributed by atoms with Crippen LogP contribution in [-0.4, -0.2) is 14.1 Å². The van der Waals surface area contributed by atoms with Crippen molar-refractivity contribution in [3.8, 4) is 45.3 Å². The molecule has 3 aromatic heterocycles. The van der Waals surface area contributed by atoms with Crippen molar-refractivity contribution in [2.45, 2.75) is 26.2 Å². The summed E-state index contributed by atoms with van der Waals surface area (Å²) in [6.45, 7) is 8.85. The van der Waals surface area contributed by atoms with Crippen LogP contribution in [0.1, 0.15) is 26.3 Å². The molecular weight excluding hydrogens is 978 g/mol. The van der Waals surface area contributed by atoms with E-state index in [9.17, 15) is 0 Å². The summed E-state index contributed by atoms with van der Waals surface area (Å²) in [5.74, 6) is 2.02. The van der Waals surface area contributed by atoms with Gasteiger partial charge in [-0.15, -0.1) is 48.1 Å². The third kappa shape index (κ3) is 6.01. The molecule has 6 nitrogen and oxygen atoms in total. The standard InChI is InChI=1S/C58H40N5O.Pt/c1-58(2,3)37-31-32-59-54(33-37)62-51-29-30-52-55(44-21-8-7-19-42(44)45-22-14-23-46-43-20-9-10-24-48(43)63(52)57(45)46)56(51)47-28-27-41(35-53(47)62)64-40-18-13-17-39(34-40)61-36-60(38-15-5-4-6-16-38)49-25-11-12-26-50(49)61;/h4-33,36H,1-3H3;/q-3;. The monoisotopic (exact) mass is 1020 g/mol. The van der Waals surface area contributed by atoms with E-state index in [1.54, 1.807) is 0 Å². The number of anilines is 4. The van der Waals surface area contributed by atoms with Crippen molar-refractivity contribution in [3.63, 3.8) is 0 Å². The molecule has 0 saturated heterocycles. The Hall–Kier alpha value is -7.40. The largest absolute Gasteiger partial charge is 0.509 e. The number of nitrogens with zero attached hydrogens (tertiary/aromatic N) is 5. The zero-order valence-electron chi connectivity index (χ0n) is 35.9. The number of para-hydroxylation sites is 5. The summed E-state index contributed by atoms with van der Waals surface area (Å²) in [6.07, 6.45) is 1.93. The van der Waals surface area contributed by atoms with Gasteiger partial charge in [0.25, 0.3) is 0 Å². The molecule has 2 aliphatic heterocycles. The van der Waals surface area contributed by atoms with Gasteiger partial charge in [0.1, 0.15) is 5.82 Å². The number of fused-ring (bicyclic) bond motifs is 13. The summed E-state index contributed by atoms with van der Waals surface area (Å²) in [4.78, 5) is 9.43. The molecule has 0 unspecified atom stereocenters. The van der Waals surface area contributed by atoms with Gasteiger partial charge in [-0.25, -0.2) is 4.98 Å². The first-order valence-electron chi connectivity index (χ1n) is 21.8. The van der Waals surface area contributed by atoms with E-state index >= 15 is 0 Å². The number of aromatic nitrogens is 3. The minimum Gasteiger partial charge on any atom is -0.509 e. The first-order chi connectivity index (χ1) is 31.4. The third-order valence-electron chi connectivity index (χ3n) is 13.0. The minimum atomic E-state index is -0.0800. The van der Waals surface area contributed by atoms with Gasteiger partial charge in [-0.2, -0.15) is 12.1 Å². The first-order valence-corrected chi connectivity index (χ1v) is 21.8. The van der Waals surface area contributed by atoms with Crippen LogP contribution in [0.15, 0.2) is 182 Å². The molecule has 5 heterocycles. The van der Waals surface area contributed by atoms with Crippen LogP contribution in [0.4, 0.5) is 22.7 Å². The number of hydrogen-bond acceptors (Lipinski definition) is 4. The Morgan fingerprint density at radius 2 is 1.25 bits per heavy atom. The molecule has 7 heteroatoms. The van der Waals surface area contributed by atoms with Crippen LogP contribution in [0.3, 0.4) is 0 Å². The van der Waals surface area contributed by atoms with Crippen LogP contribution in [-0.2, 0) is 26.5 Å². The van der Waals surface area contributed by atoms with Gasteiger partial charge in [0.15, 0.2) is 0 Å². The van der Waals surface area contributed by atoms with Gasteiger partial charge in [0.2, 0.25) is 0 Å². The molecule has 316 valence electrons. The van der Waals surface area contributed by atoms with Crippen LogP contribution < -0.4 is 14.5 Å². The van der Waals surface area contributed by atoms with E-state index < -0.39 is 0 Å². The predicted octanol–water partition coefficient (Wildman–Crippen LogP) is 15.0. The SMILES string of the molecule is CC(C)(C)c1ccnc(-n2c3[c-]c(Oc4[c-]c(N5[CH-]N(c6ccccc6)c6ccccc65)ccc4)ccc3c3c4c(ccc32)-n2c3ccccc3c3cccc(c32)-c2ccccc2-4)c1.[Pt]. The fourth-order valence-electron chi connectivity index (χ4n) is 10.0. The molecule has 0 amide bonds. The number of ether oxygens (including phenoxy) is 1. The van der Waals surface area contributed by atoms with Gasteiger partial charge in [-0.05, 0) is 82.1 Å². The summed E-state index contributed by atoms with van der Waals surface area (Å²) in [5, 5.41) is 4.70. The van der Waals surface area contributed by atoms with Crippen molar-refractivity contribution in [3.05, 3.63) is 206 Å². The third-order valence-corrected chi connectivity index (χ3v) is 13.0. The van der Waals surface area contributed by atoms with Crippen molar-refractivity contribution in [2.24, 2.45) is 0 Å². The minimum absolute atomic E-state index is 0. The van der Waals surface area contributed by atoms with E-state index in [2.05, 4.69) is 210 Å². The molecule has 13 rings (SSSR count). The fourth-order valence-corrected chi connectivity index (χ4v) is 10.0. The maximum absolute atomic E-state index is 6.76. The van der Waals surface area contributed by atoms with Crippen LogP contribution in [0.2, 0.25) is 0 Å². The molecule has 0 spiro atoms. The molecule has 2 aliphatic rings. The molecule has 11 aromatic rings. The predicted molar refractivity (Wildman–Crippen MR) is 262 cm³/mol. The second-order valence-corrected chi connectivity index (χ2v) is 17.7. The van der Waals surface area contributed by atoms with E-state index in [0.29, 0.717) is 11.5 Å². The maximum atomic E-state index is 6.76. The molecule has 0 aliphatic carbocycles.